The third kappa shape index (κ3) is 2.37. The minimum Gasteiger partial charge on any atom is -0.444 e. The van der Waals surface area contributed by atoms with E-state index in [0.29, 0.717) is 24.1 Å². The second kappa shape index (κ2) is 4.64. The van der Waals surface area contributed by atoms with Gasteiger partial charge in [0.05, 0.1) is 23.8 Å². The van der Waals surface area contributed by atoms with Crippen LogP contribution in [0.1, 0.15) is 18.6 Å². The van der Waals surface area contributed by atoms with Crippen LogP contribution >= 0.6 is 0 Å². The SMILES string of the molecule is CCc1cnc(CNc2nc3ccc(N)cc3[nH]2)o1. The van der Waals surface area contributed by atoms with Crippen molar-refractivity contribution in [3.05, 3.63) is 36.0 Å². The molecular formula is C13H15N5O. The van der Waals surface area contributed by atoms with Crippen molar-refractivity contribution >= 4 is 22.7 Å². The number of oxazole rings is 1. The maximum Gasteiger partial charge on any atom is 0.213 e. The summed E-state index contributed by atoms with van der Waals surface area (Å²) in [6, 6.07) is 5.56. The van der Waals surface area contributed by atoms with Gasteiger partial charge in [0.25, 0.3) is 0 Å². The Kier molecular flexibility index (Phi) is 2.83. The van der Waals surface area contributed by atoms with E-state index in [1.165, 1.54) is 0 Å². The molecule has 19 heavy (non-hydrogen) atoms. The number of imidazole rings is 1. The van der Waals surface area contributed by atoms with E-state index < -0.39 is 0 Å². The average Bonchev–Trinajstić information content (AvgIpc) is 3.01. The Labute approximate surface area is 110 Å². The average molecular weight is 257 g/mol. The number of rotatable bonds is 4. The highest BCUT2D eigenvalue weighted by Gasteiger charge is 2.05. The fraction of sp³-hybridized carbons (Fsp3) is 0.231. The Balaban J connectivity index is 1.74. The van der Waals surface area contributed by atoms with Gasteiger partial charge in [0.15, 0.2) is 0 Å². The maximum absolute atomic E-state index is 5.72. The molecule has 0 fully saturated rings. The van der Waals surface area contributed by atoms with Gasteiger partial charge < -0.3 is 20.5 Å². The number of hydrogen-bond acceptors (Lipinski definition) is 5. The van der Waals surface area contributed by atoms with E-state index in [1.807, 2.05) is 25.1 Å². The van der Waals surface area contributed by atoms with Gasteiger partial charge in [-0.1, -0.05) is 6.92 Å². The first-order chi connectivity index (χ1) is 9.24. The Morgan fingerprint density at radius 1 is 1.42 bits per heavy atom. The first-order valence-corrected chi connectivity index (χ1v) is 6.17. The summed E-state index contributed by atoms with van der Waals surface area (Å²) in [4.78, 5) is 11.7. The van der Waals surface area contributed by atoms with Crippen molar-refractivity contribution in [1.82, 2.24) is 15.0 Å². The van der Waals surface area contributed by atoms with Crippen molar-refractivity contribution in [2.45, 2.75) is 19.9 Å². The van der Waals surface area contributed by atoms with Gasteiger partial charge >= 0.3 is 0 Å². The second-order valence-corrected chi connectivity index (χ2v) is 4.29. The number of aryl methyl sites for hydroxylation is 1. The van der Waals surface area contributed by atoms with E-state index >= 15 is 0 Å². The summed E-state index contributed by atoms with van der Waals surface area (Å²) in [6.07, 6.45) is 2.59. The molecule has 3 rings (SSSR count). The fourth-order valence-corrected chi connectivity index (χ4v) is 1.86. The molecule has 0 atom stereocenters. The molecule has 2 heterocycles. The van der Waals surface area contributed by atoms with E-state index in [2.05, 4.69) is 20.3 Å². The Morgan fingerprint density at radius 2 is 2.32 bits per heavy atom. The van der Waals surface area contributed by atoms with Crippen LogP contribution in [0.4, 0.5) is 11.6 Å². The summed E-state index contributed by atoms with van der Waals surface area (Å²) < 4.78 is 5.51. The molecule has 0 aliphatic rings. The van der Waals surface area contributed by atoms with E-state index in [4.69, 9.17) is 10.2 Å². The number of H-pyrrole nitrogens is 1. The van der Waals surface area contributed by atoms with Crippen molar-refractivity contribution < 1.29 is 4.42 Å². The third-order valence-corrected chi connectivity index (χ3v) is 2.86. The molecule has 98 valence electrons. The topological polar surface area (TPSA) is 92.8 Å². The number of nitrogens with zero attached hydrogens (tertiary/aromatic N) is 2. The third-order valence-electron chi connectivity index (χ3n) is 2.86. The second-order valence-electron chi connectivity index (χ2n) is 4.29. The number of nitrogens with two attached hydrogens (primary N) is 1. The van der Waals surface area contributed by atoms with Crippen LogP contribution in [0.15, 0.2) is 28.8 Å². The molecule has 0 unspecified atom stereocenters. The van der Waals surface area contributed by atoms with Crippen LogP contribution < -0.4 is 11.1 Å². The molecule has 3 aromatic rings. The molecule has 2 aromatic heterocycles. The van der Waals surface area contributed by atoms with E-state index in [9.17, 15) is 0 Å². The van der Waals surface area contributed by atoms with Gasteiger partial charge in [0.1, 0.15) is 5.76 Å². The van der Waals surface area contributed by atoms with Gasteiger partial charge in [-0.05, 0) is 18.2 Å². The molecule has 0 saturated heterocycles. The number of fused-ring (bicyclic) bond motifs is 1. The van der Waals surface area contributed by atoms with Crippen LogP contribution in [-0.4, -0.2) is 15.0 Å². The zero-order chi connectivity index (χ0) is 13.2. The molecule has 0 bridgehead atoms. The van der Waals surface area contributed by atoms with Crippen molar-refractivity contribution in [2.75, 3.05) is 11.1 Å². The Morgan fingerprint density at radius 3 is 3.11 bits per heavy atom. The number of anilines is 2. The summed E-state index contributed by atoms with van der Waals surface area (Å²) >= 11 is 0. The predicted octanol–water partition coefficient (Wildman–Crippen LogP) is 2.31. The minimum atomic E-state index is 0.495. The molecule has 0 amide bonds. The smallest absolute Gasteiger partial charge is 0.213 e. The van der Waals surface area contributed by atoms with Crippen molar-refractivity contribution in [1.29, 1.82) is 0 Å². The molecule has 0 spiro atoms. The summed E-state index contributed by atoms with van der Waals surface area (Å²) in [5, 5.41) is 3.14. The lowest BCUT2D eigenvalue weighted by molar-refractivity contribution is 0.465. The molecular weight excluding hydrogens is 242 g/mol. The molecule has 1 aromatic carbocycles. The lowest BCUT2D eigenvalue weighted by Gasteiger charge is -1.97. The van der Waals surface area contributed by atoms with Gasteiger partial charge in [0.2, 0.25) is 11.8 Å². The Bertz CT molecular complexity index is 700. The molecule has 6 nitrogen and oxygen atoms in total. The molecule has 6 heteroatoms. The molecule has 0 saturated carbocycles. The van der Waals surface area contributed by atoms with Gasteiger partial charge in [0, 0.05) is 12.1 Å². The number of aromatic amines is 1. The van der Waals surface area contributed by atoms with Crippen LogP contribution in [-0.2, 0) is 13.0 Å². The molecule has 0 aliphatic heterocycles. The molecule has 0 radical (unpaired) electrons. The maximum atomic E-state index is 5.72. The van der Waals surface area contributed by atoms with Gasteiger partial charge in [-0.15, -0.1) is 0 Å². The normalized spacial score (nSPS) is 11.0. The first-order valence-electron chi connectivity index (χ1n) is 6.17. The largest absolute Gasteiger partial charge is 0.444 e. The fourth-order valence-electron chi connectivity index (χ4n) is 1.86. The highest BCUT2D eigenvalue weighted by Crippen LogP contribution is 2.17. The summed E-state index contributed by atoms with van der Waals surface area (Å²) in [7, 11) is 0. The quantitative estimate of drug-likeness (QED) is 0.624. The summed E-state index contributed by atoms with van der Waals surface area (Å²) in [5.41, 5.74) is 8.21. The van der Waals surface area contributed by atoms with E-state index in [1.54, 1.807) is 6.20 Å². The summed E-state index contributed by atoms with van der Waals surface area (Å²) in [5.74, 6) is 2.21. The van der Waals surface area contributed by atoms with Gasteiger partial charge in [-0.3, -0.25) is 0 Å². The number of nitrogen functional groups attached to an aromatic ring is 1. The van der Waals surface area contributed by atoms with Crippen LogP contribution in [0.2, 0.25) is 0 Å². The predicted molar refractivity (Wildman–Crippen MR) is 73.7 cm³/mol. The minimum absolute atomic E-state index is 0.495. The van der Waals surface area contributed by atoms with Crippen molar-refractivity contribution in [3.8, 4) is 0 Å². The van der Waals surface area contributed by atoms with Gasteiger partial charge in [-0.25, -0.2) is 9.97 Å². The lowest BCUT2D eigenvalue weighted by Crippen LogP contribution is -2.00. The van der Waals surface area contributed by atoms with Crippen molar-refractivity contribution in [2.24, 2.45) is 0 Å². The number of nitrogens with one attached hydrogen (secondary N) is 2. The van der Waals surface area contributed by atoms with Gasteiger partial charge in [-0.2, -0.15) is 0 Å². The lowest BCUT2D eigenvalue weighted by atomic mass is 10.3. The number of aromatic nitrogens is 3. The Hall–Kier alpha value is -2.50. The zero-order valence-corrected chi connectivity index (χ0v) is 10.6. The highest BCUT2D eigenvalue weighted by molar-refractivity contribution is 5.80. The van der Waals surface area contributed by atoms with Crippen LogP contribution in [0.3, 0.4) is 0 Å². The zero-order valence-electron chi connectivity index (χ0n) is 10.6. The molecule has 0 aliphatic carbocycles. The van der Waals surface area contributed by atoms with Crippen LogP contribution in [0, 0.1) is 0 Å². The van der Waals surface area contributed by atoms with Crippen LogP contribution in [0.5, 0.6) is 0 Å². The monoisotopic (exact) mass is 257 g/mol. The van der Waals surface area contributed by atoms with Crippen molar-refractivity contribution in [3.63, 3.8) is 0 Å². The summed E-state index contributed by atoms with van der Waals surface area (Å²) in [6.45, 7) is 2.52. The standard InChI is InChI=1S/C13H15N5O/c1-2-9-6-15-12(19-9)7-16-13-17-10-4-3-8(14)5-11(10)18-13/h3-6H,2,7,14H2,1H3,(H2,16,17,18). The van der Waals surface area contributed by atoms with E-state index in [-0.39, 0.29) is 0 Å². The number of benzene rings is 1. The van der Waals surface area contributed by atoms with Crippen LogP contribution in [0.25, 0.3) is 11.0 Å². The first kappa shape index (κ1) is 11.6. The molecule has 4 N–H and O–H groups in total. The number of hydrogen-bond donors (Lipinski definition) is 3. The highest BCUT2D eigenvalue weighted by atomic mass is 16.4. The van der Waals surface area contributed by atoms with E-state index in [0.717, 1.165) is 23.2 Å².